The van der Waals surface area contributed by atoms with Gasteiger partial charge < -0.3 is 15.2 Å². The van der Waals surface area contributed by atoms with Crippen molar-refractivity contribution in [2.75, 3.05) is 26.0 Å². The van der Waals surface area contributed by atoms with Crippen LogP contribution < -0.4 is 5.32 Å². The average molecular weight is 311 g/mol. The number of aromatic nitrogens is 2. The first-order valence-corrected chi connectivity index (χ1v) is 7.75. The Balaban J connectivity index is 1.96. The highest BCUT2D eigenvalue weighted by molar-refractivity contribution is 8.00. The zero-order chi connectivity index (χ0) is 15.3. The molecule has 1 aromatic heterocycles. The Hall–Kier alpha value is -1.67. The summed E-state index contributed by atoms with van der Waals surface area (Å²) in [7, 11) is 0. The molecule has 0 unspecified atom stereocenters. The van der Waals surface area contributed by atoms with Crippen LogP contribution in [0.2, 0.25) is 0 Å². The van der Waals surface area contributed by atoms with Crippen molar-refractivity contribution >= 4 is 23.6 Å². The van der Waals surface area contributed by atoms with Crippen molar-refractivity contribution in [2.24, 2.45) is 0 Å². The fourth-order valence-corrected chi connectivity index (χ4v) is 2.88. The molecule has 7 nitrogen and oxygen atoms in total. The molecule has 1 saturated heterocycles. The highest BCUT2D eigenvalue weighted by Crippen LogP contribution is 2.32. The number of thioether (sulfide) groups is 1. The third kappa shape index (κ3) is 3.92. The van der Waals surface area contributed by atoms with Crippen LogP contribution in [0.25, 0.3) is 0 Å². The molecule has 114 valence electrons. The van der Waals surface area contributed by atoms with Crippen molar-refractivity contribution < 1.29 is 19.4 Å². The molecule has 0 radical (unpaired) electrons. The maximum absolute atomic E-state index is 12.0. The zero-order valence-electron chi connectivity index (χ0n) is 11.7. The SMILES string of the molecule is CSC1(CNC(=O)c2cnc(C(=O)O)cn2)CCOCC1. The summed E-state index contributed by atoms with van der Waals surface area (Å²) < 4.78 is 5.34. The van der Waals surface area contributed by atoms with E-state index in [2.05, 4.69) is 15.3 Å². The summed E-state index contributed by atoms with van der Waals surface area (Å²) in [5.74, 6) is -1.52. The molecular formula is C13H17N3O4S. The minimum absolute atomic E-state index is 0.0116. The van der Waals surface area contributed by atoms with Crippen molar-refractivity contribution in [2.45, 2.75) is 17.6 Å². The van der Waals surface area contributed by atoms with Gasteiger partial charge in [-0.2, -0.15) is 11.8 Å². The summed E-state index contributed by atoms with van der Waals surface area (Å²) in [4.78, 5) is 30.2. The number of rotatable bonds is 5. The second kappa shape index (κ2) is 6.86. The van der Waals surface area contributed by atoms with Gasteiger partial charge in [0.25, 0.3) is 5.91 Å². The lowest BCUT2D eigenvalue weighted by molar-refractivity contribution is 0.0688. The Morgan fingerprint density at radius 3 is 2.48 bits per heavy atom. The number of hydrogen-bond donors (Lipinski definition) is 2. The fraction of sp³-hybridized carbons (Fsp3) is 0.538. The third-order valence-electron chi connectivity index (χ3n) is 3.51. The van der Waals surface area contributed by atoms with Crippen LogP contribution in [0.3, 0.4) is 0 Å². The molecule has 0 atom stereocenters. The Kier molecular flexibility index (Phi) is 5.13. The molecule has 8 heteroatoms. The molecule has 1 fully saturated rings. The molecule has 0 aromatic carbocycles. The molecule has 2 heterocycles. The van der Waals surface area contributed by atoms with E-state index in [1.54, 1.807) is 11.8 Å². The molecule has 0 bridgehead atoms. The number of hydrogen-bond acceptors (Lipinski definition) is 6. The van der Waals surface area contributed by atoms with Gasteiger partial charge in [-0.25, -0.2) is 14.8 Å². The molecule has 21 heavy (non-hydrogen) atoms. The minimum Gasteiger partial charge on any atom is -0.476 e. The first-order chi connectivity index (χ1) is 10.1. The number of carboxylic acids is 1. The average Bonchev–Trinajstić information content (AvgIpc) is 2.53. The van der Waals surface area contributed by atoms with Crippen molar-refractivity contribution in [1.29, 1.82) is 0 Å². The van der Waals surface area contributed by atoms with E-state index in [0.29, 0.717) is 19.8 Å². The predicted octanol–water partition coefficient (Wildman–Crippen LogP) is 0.817. The first-order valence-electron chi connectivity index (χ1n) is 6.53. The van der Waals surface area contributed by atoms with Gasteiger partial charge in [-0.15, -0.1) is 0 Å². The quantitative estimate of drug-likeness (QED) is 0.830. The van der Waals surface area contributed by atoms with Gasteiger partial charge in [-0.3, -0.25) is 4.79 Å². The van der Waals surface area contributed by atoms with Gasteiger partial charge in [0, 0.05) is 24.5 Å². The summed E-state index contributed by atoms with van der Waals surface area (Å²) in [6.07, 6.45) is 6.06. The molecule has 1 aromatic rings. The normalized spacial score (nSPS) is 17.2. The molecular weight excluding hydrogens is 294 g/mol. The van der Waals surface area contributed by atoms with E-state index in [1.807, 2.05) is 6.26 Å². The van der Waals surface area contributed by atoms with Crippen molar-refractivity contribution in [3.05, 3.63) is 23.8 Å². The van der Waals surface area contributed by atoms with Gasteiger partial charge in [0.15, 0.2) is 5.69 Å². The van der Waals surface area contributed by atoms with Crippen LogP contribution in [0.1, 0.15) is 33.8 Å². The van der Waals surface area contributed by atoms with Gasteiger partial charge in [0.2, 0.25) is 0 Å². The molecule has 0 saturated carbocycles. The topological polar surface area (TPSA) is 101 Å². The van der Waals surface area contributed by atoms with Gasteiger partial charge >= 0.3 is 5.97 Å². The largest absolute Gasteiger partial charge is 0.476 e. The smallest absolute Gasteiger partial charge is 0.356 e. The molecule has 0 spiro atoms. The van der Waals surface area contributed by atoms with E-state index in [-0.39, 0.29) is 22.0 Å². The molecule has 2 N–H and O–H groups in total. The number of carbonyl (C=O) groups excluding carboxylic acids is 1. The fourth-order valence-electron chi connectivity index (χ4n) is 2.08. The van der Waals surface area contributed by atoms with Gasteiger partial charge in [-0.05, 0) is 19.1 Å². The van der Waals surface area contributed by atoms with Crippen LogP contribution >= 0.6 is 11.8 Å². The predicted molar refractivity (Wildman–Crippen MR) is 77.6 cm³/mol. The molecule has 0 aliphatic carbocycles. The van der Waals surface area contributed by atoms with Crippen molar-refractivity contribution in [3.63, 3.8) is 0 Å². The number of amides is 1. The summed E-state index contributed by atoms with van der Waals surface area (Å²) in [5.41, 5.74) is -0.0696. The van der Waals surface area contributed by atoms with Gasteiger partial charge in [0.1, 0.15) is 5.69 Å². The Bertz CT molecular complexity index is 515. The summed E-state index contributed by atoms with van der Waals surface area (Å²) in [6.45, 7) is 1.92. The molecule has 2 rings (SSSR count). The van der Waals surface area contributed by atoms with Crippen LogP contribution in [0.4, 0.5) is 0 Å². The van der Waals surface area contributed by atoms with Crippen LogP contribution in [-0.4, -0.2) is 57.7 Å². The second-order valence-corrected chi connectivity index (χ2v) is 6.05. The number of carboxylic acid groups (broad SMARTS) is 1. The Labute approximate surface area is 126 Å². The van der Waals surface area contributed by atoms with Crippen molar-refractivity contribution in [3.8, 4) is 0 Å². The lowest BCUT2D eigenvalue weighted by Gasteiger charge is -2.35. The maximum Gasteiger partial charge on any atom is 0.356 e. The third-order valence-corrected chi connectivity index (χ3v) is 4.93. The van der Waals surface area contributed by atoms with E-state index in [4.69, 9.17) is 9.84 Å². The minimum atomic E-state index is -1.17. The van der Waals surface area contributed by atoms with E-state index in [1.165, 1.54) is 6.20 Å². The molecule has 1 amide bonds. The second-order valence-electron chi connectivity index (χ2n) is 4.77. The van der Waals surface area contributed by atoms with E-state index in [9.17, 15) is 9.59 Å². The summed E-state index contributed by atoms with van der Waals surface area (Å²) in [5, 5.41) is 11.6. The lowest BCUT2D eigenvalue weighted by atomic mass is 9.99. The monoisotopic (exact) mass is 311 g/mol. The van der Waals surface area contributed by atoms with Crippen molar-refractivity contribution in [1.82, 2.24) is 15.3 Å². The molecule has 1 aliphatic rings. The van der Waals surface area contributed by atoms with Crippen LogP contribution in [-0.2, 0) is 4.74 Å². The van der Waals surface area contributed by atoms with Gasteiger partial charge in [0.05, 0.1) is 12.4 Å². The summed E-state index contributed by atoms with van der Waals surface area (Å²) in [6, 6.07) is 0. The highest BCUT2D eigenvalue weighted by Gasteiger charge is 2.32. The van der Waals surface area contributed by atoms with E-state index >= 15 is 0 Å². The molecule has 1 aliphatic heterocycles. The Morgan fingerprint density at radius 1 is 1.33 bits per heavy atom. The van der Waals surface area contributed by atoms with Crippen LogP contribution in [0.5, 0.6) is 0 Å². The lowest BCUT2D eigenvalue weighted by Crippen LogP contribution is -2.44. The van der Waals surface area contributed by atoms with E-state index < -0.39 is 5.97 Å². The number of nitrogens with one attached hydrogen (secondary N) is 1. The highest BCUT2D eigenvalue weighted by atomic mass is 32.2. The van der Waals surface area contributed by atoms with Crippen LogP contribution in [0.15, 0.2) is 12.4 Å². The zero-order valence-corrected chi connectivity index (χ0v) is 12.5. The number of aromatic carboxylic acids is 1. The number of ether oxygens (including phenoxy) is 1. The maximum atomic E-state index is 12.0. The Morgan fingerprint density at radius 2 is 1.95 bits per heavy atom. The standard InChI is InChI=1S/C13H17N3O4S/c1-21-13(2-4-20-5-3-13)8-16-11(17)9-6-15-10(7-14-9)12(18)19/h6-7H,2-5,8H2,1H3,(H,16,17)(H,18,19). The van der Waals surface area contributed by atoms with E-state index in [0.717, 1.165) is 19.0 Å². The van der Waals surface area contributed by atoms with Gasteiger partial charge in [-0.1, -0.05) is 0 Å². The first kappa shape index (κ1) is 15.7. The summed E-state index contributed by atoms with van der Waals surface area (Å²) >= 11 is 1.73. The van der Waals surface area contributed by atoms with Crippen LogP contribution in [0, 0.1) is 0 Å². The number of carbonyl (C=O) groups is 2. The number of nitrogens with zero attached hydrogens (tertiary/aromatic N) is 2.